The average Bonchev–Trinajstić information content (AvgIpc) is 3.11. The first-order chi connectivity index (χ1) is 10.6. The van der Waals surface area contributed by atoms with Gasteiger partial charge in [-0.05, 0) is 37.5 Å². The Kier molecular flexibility index (Phi) is 4.18. The Morgan fingerprint density at radius 1 is 1.45 bits per heavy atom. The lowest BCUT2D eigenvalue weighted by atomic mass is 9.90. The van der Waals surface area contributed by atoms with Gasteiger partial charge >= 0.3 is 0 Å². The largest absolute Gasteiger partial charge is 0.379 e. The summed E-state index contributed by atoms with van der Waals surface area (Å²) >= 11 is 5.92. The molecule has 2 heterocycles. The molecule has 0 radical (unpaired) electrons. The van der Waals surface area contributed by atoms with E-state index in [0.717, 1.165) is 17.8 Å². The van der Waals surface area contributed by atoms with Crippen molar-refractivity contribution in [3.8, 4) is 0 Å². The minimum atomic E-state index is -0.385. The van der Waals surface area contributed by atoms with Gasteiger partial charge in [0.25, 0.3) is 5.91 Å². The van der Waals surface area contributed by atoms with Crippen LogP contribution in [0.3, 0.4) is 0 Å². The van der Waals surface area contributed by atoms with E-state index in [4.69, 9.17) is 16.3 Å². The molecule has 5 nitrogen and oxygen atoms in total. The van der Waals surface area contributed by atoms with E-state index in [9.17, 15) is 4.79 Å². The predicted molar refractivity (Wildman–Crippen MR) is 84.1 cm³/mol. The molecule has 1 saturated heterocycles. The molecule has 6 heteroatoms. The number of hydrogen-bond donors (Lipinski definition) is 2. The number of H-pyrrole nitrogens is 1. The molecule has 0 spiro atoms. The van der Waals surface area contributed by atoms with Gasteiger partial charge in [0.15, 0.2) is 0 Å². The predicted octanol–water partition coefficient (Wildman–Crippen LogP) is 2.50. The van der Waals surface area contributed by atoms with Crippen LogP contribution in [0.5, 0.6) is 0 Å². The fourth-order valence-electron chi connectivity index (χ4n) is 2.73. The van der Waals surface area contributed by atoms with E-state index in [1.165, 1.54) is 0 Å². The van der Waals surface area contributed by atoms with Crippen LogP contribution >= 0.6 is 11.6 Å². The van der Waals surface area contributed by atoms with Gasteiger partial charge in [-0.1, -0.05) is 23.7 Å². The van der Waals surface area contributed by atoms with E-state index in [-0.39, 0.29) is 11.4 Å². The number of aromatic amines is 1. The van der Waals surface area contributed by atoms with Gasteiger partial charge < -0.3 is 15.0 Å². The van der Waals surface area contributed by atoms with E-state index < -0.39 is 0 Å². The minimum Gasteiger partial charge on any atom is -0.379 e. The SMILES string of the molecule is Cc1ncc(C(=O)N[C@]2(Cc3ccc(Cl)cc3)CCOC2)[nH]1. The first kappa shape index (κ1) is 15.1. The number of amides is 1. The van der Waals surface area contributed by atoms with Crippen molar-refractivity contribution in [3.63, 3.8) is 0 Å². The molecule has 1 aliphatic rings. The van der Waals surface area contributed by atoms with Crippen LogP contribution in [0.4, 0.5) is 0 Å². The molecule has 1 aromatic carbocycles. The minimum absolute atomic E-state index is 0.153. The Balaban J connectivity index is 1.76. The van der Waals surface area contributed by atoms with E-state index in [1.54, 1.807) is 6.20 Å². The maximum Gasteiger partial charge on any atom is 0.269 e. The van der Waals surface area contributed by atoms with Crippen molar-refractivity contribution in [1.82, 2.24) is 15.3 Å². The number of nitrogens with one attached hydrogen (secondary N) is 2. The van der Waals surface area contributed by atoms with Crippen molar-refractivity contribution in [2.75, 3.05) is 13.2 Å². The Morgan fingerprint density at radius 3 is 2.82 bits per heavy atom. The lowest BCUT2D eigenvalue weighted by molar-refractivity contribution is 0.0873. The first-order valence-electron chi connectivity index (χ1n) is 7.23. The lowest BCUT2D eigenvalue weighted by Crippen LogP contribution is -2.50. The highest BCUT2D eigenvalue weighted by Crippen LogP contribution is 2.25. The van der Waals surface area contributed by atoms with Gasteiger partial charge in [-0.2, -0.15) is 0 Å². The van der Waals surface area contributed by atoms with Crippen LogP contribution < -0.4 is 5.32 Å². The first-order valence-corrected chi connectivity index (χ1v) is 7.60. The number of carbonyl (C=O) groups is 1. The second-order valence-electron chi connectivity index (χ2n) is 5.72. The number of rotatable bonds is 4. The maximum atomic E-state index is 12.4. The van der Waals surface area contributed by atoms with Gasteiger partial charge in [-0.3, -0.25) is 4.79 Å². The van der Waals surface area contributed by atoms with Gasteiger partial charge in [0, 0.05) is 11.6 Å². The number of benzene rings is 1. The summed E-state index contributed by atoms with van der Waals surface area (Å²) in [4.78, 5) is 19.4. The fraction of sp³-hybridized carbons (Fsp3) is 0.375. The summed E-state index contributed by atoms with van der Waals surface area (Å²) < 4.78 is 5.53. The highest BCUT2D eigenvalue weighted by Gasteiger charge is 2.37. The highest BCUT2D eigenvalue weighted by molar-refractivity contribution is 6.30. The van der Waals surface area contributed by atoms with E-state index >= 15 is 0 Å². The lowest BCUT2D eigenvalue weighted by Gasteiger charge is -2.28. The Bertz CT molecular complexity index is 660. The van der Waals surface area contributed by atoms with Crippen LogP contribution in [0.25, 0.3) is 0 Å². The molecular formula is C16H18ClN3O2. The van der Waals surface area contributed by atoms with Crippen LogP contribution in [0.1, 0.15) is 28.3 Å². The van der Waals surface area contributed by atoms with Crippen LogP contribution in [-0.2, 0) is 11.2 Å². The van der Waals surface area contributed by atoms with Crippen molar-refractivity contribution >= 4 is 17.5 Å². The molecule has 1 atom stereocenters. The van der Waals surface area contributed by atoms with Crippen LogP contribution in [0.2, 0.25) is 5.02 Å². The second kappa shape index (κ2) is 6.10. The van der Waals surface area contributed by atoms with Gasteiger partial charge in [-0.25, -0.2) is 4.98 Å². The van der Waals surface area contributed by atoms with E-state index in [2.05, 4.69) is 15.3 Å². The molecular weight excluding hydrogens is 302 g/mol. The summed E-state index contributed by atoms with van der Waals surface area (Å²) in [6, 6.07) is 7.69. The average molecular weight is 320 g/mol. The number of aromatic nitrogens is 2. The number of carbonyl (C=O) groups excluding carboxylic acids is 1. The zero-order chi connectivity index (χ0) is 15.6. The Labute approximate surface area is 134 Å². The second-order valence-corrected chi connectivity index (χ2v) is 6.16. The quantitative estimate of drug-likeness (QED) is 0.910. The van der Waals surface area contributed by atoms with E-state index in [0.29, 0.717) is 30.4 Å². The third kappa shape index (κ3) is 3.31. The molecule has 2 aromatic rings. The number of hydrogen-bond acceptors (Lipinski definition) is 3. The van der Waals surface area contributed by atoms with Gasteiger partial charge in [0.2, 0.25) is 0 Å². The number of halogens is 1. The van der Waals surface area contributed by atoms with Crippen molar-refractivity contribution in [1.29, 1.82) is 0 Å². The van der Waals surface area contributed by atoms with Gasteiger partial charge in [-0.15, -0.1) is 0 Å². The van der Waals surface area contributed by atoms with Crippen LogP contribution in [0, 0.1) is 6.92 Å². The topological polar surface area (TPSA) is 67.0 Å². The standard InChI is InChI=1S/C16H18ClN3O2/c1-11-18-9-14(19-11)15(21)20-16(6-7-22-10-16)8-12-2-4-13(17)5-3-12/h2-5,9H,6-8,10H2,1H3,(H,18,19)(H,20,21)/t16-/m0/s1. The normalized spacial score (nSPS) is 21.0. The smallest absolute Gasteiger partial charge is 0.269 e. The monoisotopic (exact) mass is 319 g/mol. The molecule has 1 amide bonds. The summed E-state index contributed by atoms with van der Waals surface area (Å²) in [6.45, 7) is 2.98. The number of imidazole rings is 1. The Hall–Kier alpha value is -1.85. The molecule has 1 fully saturated rings. The fourth-order valence-corrected chi connectivity index (χ4v) is 2.85. The third-order valence-electron chi connectivity index (χ3n) is 3.89. The molecule has 0 aliphatic carbocycles. The van der Waals surface area contributed by atoms with Crippen molar-refractivity contribution in [2.45, 2.75) is 25.3 Å². The summed E-state index contributed by atoms with van der Waals surface area (Å²) in [5.74, 6) is 0.569. The van der Waals surface area contributed by atoms with Crippen LogP contribution in [0.15, 0.2) is 30.5 Å². The molecule has 116 valence electrons. The maximum absolute atomic E-state index is 12.4. The molecule has 0 bridgehead atoms. The molecule has 1 aromatic heterocycles. The zero-order valence-corrected chi connectivity index (χ0v) is 13.1. The van der Waals surface area contributed by atoms with Gasteiger partial charge in [0.05, 0.1) is 18.3 Å². The number of aryl methyl sites for hydroxylation is 1. The van der Waals surface area contributed by atoms with Crippen molar-refractivity contribution < 1.29 is 9.53 Å². The highest BCUT2D eigenvalue weighted by atomic mass is 35.5. The zero-order valence-electron chi connectivity index (χ0n) is 12.4. The van der Waals surface area contributed by atoms with E-state index in [1.807, 2.05) is 31.2 Å². The molecule has 1 aliphatic heterocycles. The Morgan fingerprint density at radius 2 is 2.23 bits per heavy atom. The summed E-state index contributed by atoms with van der Waals surface area (Å²) in [5.41, 5.74) is 1.21. The van der Waals surface area contributed by atoms with Crippen LogP contribution in [-0.4, -0.2) is 34.6 Å². The van der Waals surface area contributed by atoms with Gasteiger partial charge in [0.1, 0.15) is 11.5 Å². The van der Waals surface area contributed by atoms with Crippen molar-refractivity contribution in [2.24, 2.45) is 0 Å². The summed E-state index contributed by atoms with van der Waals surface area (Å²) in [7, 11) is 0. The van der Waals surface area contributed by atoms with Crippen molar-refractivity contribution in [3.05, 3.63) is 52.6 Å². The summed E-state index contributed by atoms with van der Waals surface area (Å²) in [5, 5.41) is 3.82. The summed E-state index contributed by atoms with van der Waals surface area (Å²) in [6.07, 6.45) is 3.05. The molecule has 0 unspecified atom stereocenters. The number of ether oxygens (including phenoxy) is 1. The molecule has 3 rings (SSSR count). The molecule has 22 heavy (non-hydrogen) atoms. The number of nitrogens with zero attached hydrogens (tertiary/aromatic N) is 1. The molecule has 0 saturated carbocycles. The third-order valence-corrected chi connectivity index (χ3v) is 4.14. The molecule has 2 N–H and O–H groups in total.